The number of esters is 1. The van der Waals surface area contributed by atoms with Crippen LogP contribution in [0.2, 0.25) is 0 Å². The van der Waals surface area contributed by atoms with Crippen LogP contribution >= 0.6 is 0 Å². The average molecular weight is 280 g/mol. The smallest absolute Gasteiger partial charge is 0.340 e. The third-order valence-electron chi connectivity index (χ3n) is 3.57. The van der Waals surface area contributed by atoms with Crippen molar-refractivity contribution in [1.82, 2.24) is 0 Å². The third kappa shape index (κ3) is 3.03. The molecule has 0 saturated heterocycles. The van der Waals surface area contributed by atoms with Crippen molar-refractivity contribution in [3.8, 4) is 0 Å². The summed E-state index contributed by atoms with van der Waals surface area (Å²) in [5, 5.41) is 0. The SMILES string of the molecule is CCCCN(c1cc(C(=O)OC)c(N)cc1F)C1CC1. The summed E-state index contributed by atoms with van der Waals surface area (Å²) in [6.07, 6.45) is 4.18. The van der Waals surface area contributed by atoms with Crippen LogP contribution in [0.5, 0.6) is 0 Å². The first-order chi connectivity index (χ1) is 9.58. The number of hydrogen-bond acceptors (Lipinski definition) is 4. The standard InChI is InChI=1S/C15H21FN2O2/c1-3-4-7-18(10-5-6-10)14-8-11(15(19)20-2)13(17)9-12(14)16/h8-10H,3-7,17H2,1-2H3. The Balaban J connectivity index is 2.35. The number of carbonyl (C=O) groups excluding carboxylic acids is 1. The number of anilines is 2. The summed E-state index contributed by atoms with van der Waals surface area (Å²) >= 11 is 0. The molecule has 1 saturated carbocycles. The first-order valence-electron chi connectivity index (χ1n) is 7.02. The summed E-state index contributed by atoms with van der Waals surface area (Å²) in [4.78, 5) is 13.7. The van der Waals surface area contributed by atoms with Gasteiger partial charge in [0.15, 0.2) is 0 Å². The lowest BCUT2D eigenvalue weighted by molar-refractivity contribution is 0.0602. The van der Waals surface area contributed by atoms with E-state index in [1.807, 2.05) is 4.90 Å². The fourth-order valence-corrected chi connectivity index (χ4v) is 2.30. The van der Waals surface area contributed by atoms with E-state index in [4.69, 9.17) is 5.73 Å². The van der Waals surface area contributed by atoms with Crippen molar-refractivity contribution in [1.29, 1.82) is 0 Å². The molecular weight excluding hydrogens is 259 g/mol. The van der Waals surface area contributed by atoms with Crippen LogP contribution in [-0.2, 0) is 4.74 Å². The minimum Gasteiger partial charge on any atom is -0.465 e. The van der Waals surface area contributed by atoms with E-state index in [1.165, 1.54) is 19.2 Å². The first kappa shape index (κ1) is 14.6. The molecule has 110 valence electrons. The van der Waals surface area contributed by atoms with E-state index >= 15 is 0 Å². The number of ether oxygens (including phenoxy) is 1. The molecule has 0 aliphatic heterocycles. The summed E-state index contributed by atoms with van der Waals surface area (Å²) in [5.74, 6) is -0.909. The van der Waals surface area contributed by atoms with E-state index in [9.17, 15) is 9.18 Å². The van der Waals surface area contributed by atoms with Crippen molar-refractivity contribution >= 4 is 17.3 Å². The highest BCUT2D eigenvalue weighted by Gasteiger charge is 2.31. The molecule has 20 heavy (non-hydrogen) atoms. The normalized spacial score (nSPS) is 14.2. The van der Waals surface area contributed by atoms with Crippen LogP contribution in [0.1, 0.15) is 43.0 Å². The molecular formula is C15H21FN2O2. The monoisotopic (exact) mass is 280 g/mol. The molecule has 2 N–H and O–H groups in total. The van der Waals surface area contributed by atoms with Gasteiger partial charge in [0, 0.05) is 18.3 Å². The Labute approximate surface area is 118 Å². The molecule has 0 amide bonds. The van der Waals surface area contributed by atoms with Crippen molar-refractivity contribution < 1.29 is 13.9 Å². The van der Waals surface area contributed by atoms with Gasteiger partial charge in [-0.3, -0.25) is 0 Å². The molecule has 0 atom stereocenters. The Morgan fingerprint density at radius 2 is 2.20 bits per heavy atom. The Morgan fingerprint density at radius 3 is 2.75 bits per heavy atom. The second-order valence-electron chi connectivity index (χ2n) is 5.16. The number of carbonyl (C=O) groups is 1. The van der Waals surface area contributed by atoms with Gasteiger partial charge in [0.2, 0.25) is 0 Å². The summed E-state index contributed by atoms with van der Waals surface area (Å²) in [6, 6.07) is 3.11. The number of benzene rings is 1. The zero-order valence-corrected chi connectivity index (χ0v) is 12.0. The predicted molar refractivity (Wildman–Crippen MR) is 77.4 cm³/mol. The number of hydrogen-bond donors (Lipinski definition) is 1. The molecule has 0 unspecified atom stereocenters. The van der Waals surface area contributed by atoms with Gasteiger partial charge in [-0.2, -0.15) is 0 Å². The molecule has 0 spiro atoms. The molecule has 1 aromatic carbocycles. The van der Waals surface area contributed by atoms with Gasteiger partial charge < -0.3 is 15.4 Å². The lowest BCUT2D eigenvalue weighted by Crippen LogP contribution is -2.28. The number of unbranched alkanes of at least 4 members (excludes halogenated alkanes) is 1. The predicted octanol–water partition coefficient (Wildman–Crippen LogP) is 2.96. The molecule has 0 bridgehead atoms. The van der Waals surface area contributed by atoms with Gasteiger partial charge in [0.25, 0.3) is 0 Å². The Bertz CT molecular complexity index is 501. The molecule has 5 heteroatoms. The molecule has 0 heterocycles. The molecule has 1 fully saturated rings. The van der Waals surface area contributed by atoms with Crippen LogP contribution in [0.3, 0.4) is 0 Å². The molecule has 0 radical (unpaired) electrons. The lowest BCUT2D eigenvalue weighted by Gasteiger charge is -2.25. The van der Waals surface area contributed by atoms with Crippen LogP contribution in [0.25, 0.3) is 0 Å². The number of nitrogens with two attached hydrogens (primary N) is 1. The average Bonchev–Trinajstić information content (AvgIpc) is 3.25. The van der Waals surface area contributed by atoms with Crippen LogP contribution in [0.15, 0.2) is 12.1 Å². The number of nitrogens with zero attached hydrogens (tertiary/aromatic N) is 1. The van der Waals surface area contributed by atoms with Crippen molar-refractivity contribution in [2.75, 3.05) is 24.3 Å². The van der Waals surface area contributed by atoms with Gasteiger partial charge in [-0.15, -0.1) is 0 Å². The Hall–Kier alpha value is -1.78. The summed E-state index contributed by atoms with van der Waals surface area (Å²) < 4.78 is 18.9. The Kier molecular flexibility index (Phi) is 4.47. The highest BCUT2D eigenvalue weighted by atomic mass is 19.1. The second-order valence-corrected chi connectivity index (χ2v) is 5.16. The van der Waals surface area contributed by atoms with Crippen molar-refractivity contribution in [2.45, 2.75) is 38.6 Å². The number of methoxy groups -OCH3 is 1. The van der Waals surface area contributed by atoms with Crippen molar-refractivity contribution in [3.63, 3.8) is 0 Å². The number of nitrogen functional groups attached to an aromatic ring is 1. The van der Waals surface area contributed by atoms with Gasteiger partial charge >= 0.3 is 5.97 Å². The lowest BCUT2D eigenvalue weighted by atomic mass is 10.1. The van der Waals surface area contributed by atoms with Gasteiger partial charge in [-0.1, -0.05) is 13.3 Å². The fraction of sp³-hybridized carbons (Fsp3) is 0.533. The Morgan fingerprint density at radius 1 is 1.50 bits per heavy atom. The van der Waals surface area contributed by atoms with E-state index in [2.05, 4.69) is 11.7 Å². The van der Waals surface area contributed by atoms with E-state index < -0.39 is 5.97 Å². The van der Waals surface area contributed by atoms with Gasteiger partial charge in [0.1, 0.15) is 5.82 Å². The molecule has 1 aliphatic carbocycles. The van der Waals surface area contributed by atoms with Crippen LogP contribution in [0, 0.1) is 5.82 Å². The zero-order valence-electron chi connectivity index (χ0n) is 12.0. The number of halogens is 1. The molecule has 2 rings (SSSR count). The van der Waals surface area contributed by atoms with E-state index in [0.29, 0.717) is 11.7 Å². The maximum absolute atomic E-state index is 14.2. The quantitative estimate of drug-likeness (QED) is 0.643. The van der Waals surface area contributed by atoms with E-state index in [-0.39, 0.29) is 17.1 Å². The van der Waals surface area contributed by atoms with E-state index in [1.54, 1.807) is 0 Å². The zero-order chi connectivity index (χ0) is 14.7. The maximum atomic E-state index is 14.2. The van der Waals surface area contributed by atoms with Gasteiger partial charge in [0.05, 0.1) is 18.4 Å². The molecule has 1 aliphatic rings. The topological polar surface area (TPSA) is 55.6 Å². The summed E-state index contributed by atoms with van der Waals surface area (Å²) in [5.41, 5.74) is 6.50. The molecule has 0 aromatic heterocycles. The van der Waals surface area contributed by atoms with Gasteiger partial charge in [-0.25, -0.2) is 9.18 Å². The molecule has 1 aromatic rings. The first-order valence-corrected chi connectivity index (χ1v) is 7.02. The highest BCUT2D eigenvalue weighted by Crippen LogP contribution is 2.35. The fourth-order valence-electron chi connectivity index (χ4n) is 2.30. The van der Waals surface area contributed by atoms with E-state index in [0.717, 1.165) is 32.2 Å². The number of rotatable bonds is 6. The van der Waals surface area contributed by atoms with Crippen LogP contribution < -0.4 is 10.6 Å². The van der Waals surface area contributed by atoms with Gasteiger partial charge in [-0.05, 0) is 31.4 Å². The maximum Gasteiger partial charge on any atom is 0.340 e. The summed E-state index contributed by atoms with van der Waals surface area (Å²) in [7, 11) is 1.29. The largest absolute Gasteiger partial charge is 0.465 e. The third-order valence-corrected chi connectivity index (χ3v) is 3.57. The van der Waals surface area contributed by atoms with Crippen molar-refractivity contribution in [2.24, 2.45) is 0 Å². The highest BCUT2D eigenvalue weighted by molar-refractivity contribution is 5.96. The van der Waals surface area contributed by atoms with Crippen LogP contribution in [0.4, 0.5) is 15.8 Å². The van der Waals surface area contributed by atoms with Crippen molar-refractivity contribution in [3.05, 3.63) is 23.5 Å². The summed E-state index contributed by atoms with van der Waals surface area (Å²) in [6.45, 7) is 2.90. The second kappa shape index (κ2) is 6.11. The minimum atomic E-state index is -0.532. The molecule has 4 nitrogen and oxygen atoms in total. The minimum absolute atomic E-state index is 0.115. The van der Waals surface area contributed by atoms with Crippen LogP contribution in [-0.4, -0.2) is 25.7 Å².